The first-order valence-electron chi connectivity index (χ1n) is 6.58. The van der Waals surface area contributed by atoms with Crippen molar-refractivity contribution >= 4 is 17.3 Å². The quantitative estimate of drug-likeness (QED) is 0.866. The maximum Gasteiger partial charge on any atom is 0.335 e. The topological polar surface area (TPSA) is 49.3 Å². The van der Waals surface area contributed by atoms with Crippen molar-refractivity contribution in [3.8, 4) is 0 Å². The minimum absolute atomic E-state index is 0.0462. The second-order valence-electron chi connectivity index (χ2n) is 5.80. The zero-order valence-electron chi connectivity index (χ0n) is 12.0. The molecule has 0 unspecified atom stereocenters. The number of carboxylic acids is 1. The normalized spacial score (nSPS) is 11.2. The summed E-state index contributed by atoms with van der Waals surface area (Å²) < 4.78 is 0. The molecule has 0 radical (unpaired) electrons. The Balaban J connectivity index is 2.28. The first-order chi connectivity index (χ1) is 9.38. The van der Waals surface area contributed by atoms with Crippen LogP contribution in [0.25, 0.3) is 0 Å². The molecule has 20 heavy (non-hydrogen) atoms. The van der Waals surface area contributed by atoms with E-state index < -0.39 is 5.97 Å². The third-order valence-electron chi connectivity index (χ3n) is 3.15. The van der Waals surface area contributed by atoms with Crippen molar-refractivity contribution in [2.24, 2.45) is 0 Å². The average molecular weight is 269 g/mol. The Labute approximate surface area is 119 Å². The fourth-order valence-corrected chi connectivity index (χ4v) is 2.10. The van der Waals surface area contributed by atoms with E-state index in [-0.39, 0.29) is 5.41 Å². The van der Waals surface area contributed by atoms with Gasteiger partial charge in [-0.1, -0.05) is 39.0 Å². The van der Waals surface area contributed by atoms with Gasteiger partial charge in [-0.05, 0) is 41.3 Å². The van der Waals surface area contributed by atoms with Crippen molar-refractivity contribution < 1.29 is 9.90 Å². The van der Waals surface area contributed by atoms with Gasteiger partial charge in [-0.3, -0.25) is 0 Å². The van der Waals surface area contributed by atoms with Gasteiger partial charge in [0.15, 0.2) is 0 Å². The lowest BCUT2D eigenvalue weighted by Gasteiger charge is -2.23. The zero-order valence-corrected chi connectivity index (χ0v) is 12.0. The van der Waals surface area contributed by atoms with Crippen molar-refractivity contribution in [1.82, 2.24) is 0 Å². The molecule has 2 N–H and O–H groups in total. The van der Waals surface area contributed by atoms with E-state index in [9.17, 15) is 4.79 Å². The van der Waals surface area contributed by atoms with E-state index in [0.29, 0.717) is 5.56 Å². The van der Waals surface area contributed by atoms with Crippen LogP contribution in [-0.2, 0) is 5.41 Å². The smallest absolute Gasteiger partial charge is 0.335 e. The number of aromatic carboxylic acids is 1. The van der Waals surface area contributed by atoms with E-state index in [4.69, 9.17) is 5.11 Å². The molecular weight excluding hydrogens is 250 g/mol. The summed E-state index contributed by atoms with van der Waals surface area (Å²) in [7, 11) is 0. The number of hydrogen-bond acceptors (Lipinski definition) is 2. The number of nitrogens with one attached hydrogen (secondary N) is 1. The third-order valence-corrected chi connectivity index (χ3v) is 3.15. The van der Waals surface area contributed by atoms with Gasteiger partial charge in [0.05, 0.1) is 5.56 Å². The molecule has 3 nitrogen and oxygen atoms in total. The lowest BCUT2D eigenvalue weighted by Crippen LogP contribution is -2.13. The van der Waals surface area contributed by atoms with E-state index in [1.165, 1.54) is 5.56 Å². The molecule has 0 aromatic heterocycles. The fourth-order valence-electron chi connectivity index (χ4n) is 2.10. The second kappa shape index (κ2) is 5.37. The van der Waals surface area contributed by atoms with Gasteiger partial charge in [0.25, 0.3) is 0 Å². The summed E-state index contributed by atoms with van der Waals surface area (Å²) in [5.41, 5.74) is 3.49. The largest absolute Gasteiger partial charge is 0.478 e. The van der Waals surface area contributed by atoms with Crippen LogP contribution in [0.5, 0.6) is 0 Å². The minimum atomic E-state index is -0.911. The fraction of sp³-hybridized carbons (Fsp3) is 0.235. The molecule has 0 saturated heterocycles. The highest BCUT2D eigenvalue weighted by Gasteiger charge is 2.17. The molecule has 0 amide bonds. The van der Waals surface area contributed by atoms with Crippen LogP contribution in [0.3, 0.4) is 0 Å². The van der Waals surface area contributed by atoms with Crippen LogP contribution in [0.1, 0.15) is 36.7 Å². The van der Waals surface area contributed by atoms with Gasteiger partial charge in [-0.2, -0.15) is 0 Å². The lowest BCUT2D eigenvalue weighted by atomic mass is 9.86. The molecule has 0 aliphatic heterocycles. The van der Waals surface area contributed by atoms with E-state index in [1.54, 1.807) is 24.3 Å². The Morgan fingerprint density at radius 1 is 1.00 bits per heavy atom. The van der Waals surface area contributed by atoms with Gasteiger partial charge < -0.3 is 10.4 Å². The molecule has 0 fully saturated rings. The third kappa shape index (κ3) is 3.18. The Bertz CT molecular complexity index is 610. The van der Waals surface area contributed by atoms with Gasteiger partial charge >= 0.3 is 5.97 Å². The number of benzene rings is 2. The molecule has 2 rings (SSSR count). The molecule has 0 heterocycles. The Kier molecular flexibility index (Phi) is 3.79. The van der Waals surface area contributed by atoms with Crippen molar-refractivity contribution in [3.63, 3.8) is 0 Å². The summed E-state index contributed by atoms with van der Waals surface area (Å²) in [5.74, 6) is -0.911. The van der Waals surface area contributed by atoms with Crippen molar-refractivity contribution in [2.75, 3.05) is 5.32 Å². The van der Waals surface area contributed by atoms with Crippen LogP contribution < -0.4 is 5.32 Å². The van der Waals surface area contributed by atoms with Crippen molar-refractivity contribution in [1.29, 1.82) is 0 Å². The molecule has 0 bridgehead atoms. The second-order valence-corrected chi connectivity index (χ2v) is 5.80. The van der Waals surface area contributed by atoms with Crippen LogP contribution in [0, 0.1) is 0 Å². The van der Waals surface area contributed by atoms with Gasteiger partial charge in [-0.25, -0.2) is 4.79 Å². The predicted octanol–water partition coefficient (Wildman–Crippen LogP) is 4.43. The number of hydrogen-bond donors (Lipinski definition) is 2. The summed E-state index contributed by atoms with van der Waals surface area (Å²) in [4.78, 5) is 10.8. The van der Waals surface area contributed by atoms with Crippen LogP contribution in [0.4, 0.5) is 11.4 Å². The van der Waals surface area contributed by atoms with Crippen LogP contribution >= 0.6 is 0 Å². The minimum Gasteiger partial charge on any atom is -0.478 e. The summed E-state index contributed by atoms with van der Waals surface area (Å²) in [6.45, 7) is 6.50. The SMILES string of the molecule is CC(C)(C)c1ccccc1Nc1ccc(C(=O)O)cc1. The first-order valence-corrected chi connectivity index (χ1v) is 6.58. The molecular formula is C17H19NO2. The Morgan fingerprint density at radius 2 is 1.60 bits per heavy atom. The Morgan fingerprint density at radius 3 is 2.15 bits per heavy atom. The zero-order chi connectivity index (χ0) is 14.8. The van der Waals surface area contributed by atoms with Crippen LogP contribution in [0.2, 0.25) is 0 Å². The molecule has 3 heteroatoms. The maximum absolute atomic E-state index is 10.8. The van der Waals surface area contributed by atoms with Gasteiger partial charge in [-0.15, -0.1) is 0 Å². The lowest BCUT2D eigenvalue weighted by molar-refractivity contribution is 0.0697. The molecule has 0 aliphatic carbocycles. The monoisotopic (exact) mass is 269 g/mol. The molecule has 0 spiro atoms. The summed E-state index contributed by atoms with van der Waals surface area (Å²) in [6.07, 6.45) is 0. The van der Waals surface area contributed by atoms with E-state index in [0.717, 1.165) is 11.4 Å². The van der Waals surface area contributed by atoms with Crippen molar-refractivity contribution in [3.05, 3.63) is 59.7 Å². The number of para-hydroxylation sites is 1. The first kappa shape index (κ1) is 14.1. The van der Waals surface area contributed by atoms with Crippen molar-refractivity contribution in [2.45, 2.75) is 26.2 Å². The molecule has 2 aromatic carbocycles. The summed E-state index contributed by atoms with van der Waals surface area (Å²) in [5, 5.41) is 12.2. The average Bonchev–Trinajstić information content (AvgIpc) is 2.38. The van der Waals surface area contributed by atoms with E-state index in [1.807, 2.05) is 18.2 Å². The number of rotatable bonds is 3. The molecule has 0 atom stereocenters. The maximum atomic E-state index is 10.8. The predicted molar refractivity (Wildman–Crippen MR) is 81.8 cm³/mol. The number of carbonyl (C=O) groups is 1. The van der Waals surface area contributed by atoms with Crippen LogP contribution in [-0.4, -0.2) is 11.1 Å². The molecule has 0 aliphatic rings. The highest BCUT2D eigenvalue weighted by molar-refractivity contribution is 5.88. The standard InChI is InChI=1S/C17H19NO2/c1-17(2,3)14-6-4-5-7-15(14)18-13-10-8-12(9-11-13)16(19)20/h4-11,18H,1-3H3,(H,19,20). The van der Waals surface area contributed by atoms with Crippen LogP contribution in [0.15, 0.2) is 48.5 Å². The molecule has 0 saturated carbocycles. The molecule has 2 aromatic rings. The highest BCUT2D eigenvalue weighted by atomic mass is 16.4. The number of carboxylic acid groups (broad SMARTS) is 1. The summed E-state index contributed by atoms with van der Waals surface area (Å²) in [6, 6.07) is 14.9. The van der Waals surface area contributed by atoms with Gasteiger partial charge in [0, 0.05) is 11.4 Å². The van der Waals surface area contributed by atoms with Gasteiger partial charge in [0.2, 0.25) is 0 Å². The van der Waals surface area contributed by atoms with E-state index in [2.05, 4.69) is 32.2 Å². The highest BCUT2D eigenvalue weighted by Crippen LogP contribution is 2.31. The summed E-state index contributed by atoms with van der Waals surface area (Å²) >= 11 is 0. The Hall–Kier alpha value is -2.29. The van der Waals surface area contributed by atoms with Gasteiger partial charge in [0.1, 0.15) is 0 Å². The number of anilines is 2. The molecule has 104 valence electrons. The van der Waals surface area contributed by atoms with E-state index >= 15 is 0 Å².